The van der Waals surface area contributed by atoms with Gasteiger partial charge in [-0.25, -0.2) is 4.98 Å². The van der Waals surface area contributed by atoms with Crippen LogP contribution in [0.2, 0.25) is 0 Å². The third kappa shape index (κ3) is 2.88. The minimum atomic E-state index is -0.421. The van der Waals surface area contributed by atoms with E-state index in [2.05, 4.69) is 54.6 Å². The lowest BCUT2D eigenvalue weighted by Gasteiger charge is -2.41. The van der Waals surface area contributed by atoms with E-state index in [4.69, 9.17) is 4.74 Å². The first-order chi connectivity index (χ1) is 9.76. The van der Waals surface area contributed by atoms with Crippen molar-refractivity contribution in [3.63, 3.8) is 0 Å². The largest absolute Gasteiger partial charge is 0.348 e. The minimum absolute atomic E-state index is 0.285. The highest BCUT2D eigenvalue weighted by Gasteiger charge is 2.39. The van der Waals surface area contributed by atoms with E-state index in [1.165, 1.54) is 0 Å². The van der Waals surface area contributed by atoms with Crippen molar-refractivity contribution in [3.05, 3.63) is 43.0 Å². The number of hydrogen-bond acceptors (Lipinski definition) is 2. The van der Waals surface area contributed by atoms with E-state index in [0.29, 0.717) is 5.92 Å². The summed E-state index contributed by atoms with van der Waals surface area (Å²) in [5, 5.41) is 0. The van der Waals surface area contributed by atoms with Gasteiger partial charge in [0.1, 0.15) is 0 Å². The maximum atomic E-state index is 6.60. The smallest absolute Gasteiger partial charge is 0.171 e. The maximum Gasteiger partial charge on any atom is 0.171 e. The van der Waals surface area contributed by atoms with E-state index in [1.54, 1.807) is 0 Å². The fraction of sp³-hybridized carbons (Fsp3) is 0.588. The summed E-state index contributed by atoms with van der Waals surface area (Å²) in [6.07, 6.45) is 18.9. The molecule has 0 saturated heterocycles. The molecule has 0 saturated carbocycles. The summed E-state index contributed by atoms with van der Waals surface area (Å²) < 4.78 is 8.71. The van der Waals surface area contributed by atoms with E-state index in [-0.39, 0.29) is 6.10 Å². The van der Waals surface area contributed by atoms with Crippen LogP contribution in [0.15, 0.2) is 43.0 Å². The van der Waals surface area contributed by atoms with Gasteiger partial charge in [0.15, 0.2) is 5.72 Å². The van der Waals surface area contributed by atoms with Gasteiger partial charge in [0.25, 0.3) is 0 Å². The molecule has 3 atom stereocenters. The lowest BCUT2D eigenvalue weighted by molar-refractivity contribution is -0.144. The summed E-state index contributed by atoms with van der Waals surface area (Å²) in [5.74, 6) is 0.340. The summed E-state index contributed by atoms with van der Waals surface area (Å²) in [6, 6.07) is 0. The molecule has 3 heteroatoms. The van der Waals surface area contributed by atoms with Crippen molar-refractivity contribution in [2.24, 2.45) is 5.92 Å². The van der Waals surface area contributed by atoms with Gasteiger partial charge < -0.3 is 9.30 Å². The van der Waals surface area contributed by atoms with Crippen molar-refractivity contribution >= 4 is 0 Å². The van der Waals surface area contributed by atoms with Crippen LogP contribution >= 0.6 is 0 Å². The van der Waals surface area contributed by atoms with Crippen LogP contribution in [0.1, 0.15) is 46.5 Å². The quantitative estimate of drug-likeness (QED) is 0.742. The maximum absolute atomic E-state index is 6.60. The van der Waals surface area contributed by atoms with Crippen LogP contribution in [0.4, 0.5) is 0 Å². The fourth-order valence-electron chi connectivity index (χ4n) is 2.95. The molecule has 110 valence electrons. The molecular weight excluding hydrogens is 248 g/mol. The van der Waals surface area contributed by atoms with E-state index in [0.717, 1.165) is 25.7 Å². The minimum Gasteiger partial charge on any atom is -0.348 e. The van der Waals surface area contributed by atoms with Gasteiger partial charge in [0.2, 0.25) is 0 Å². The summed E-state index contributed by atoms with van der Waals surface area (Å²) in [7, 11) is 0. The molecule has 0 bridgehead atoms. The molecule has 3 unspecified atom stereocenters. The van der Waals surface area contributed by atoms with Crippen molar-refractivity contribution in [2.75, 3.05) is 0 Å². The van der Waals surface area contributed by atoms with Crippen LogP contribution in [0.5, 0.6) is 0 Å². The molecule has 0 spiro atoms. The standard InChI is InChI=1S/C17H26N2O/c1-4-9-16(6-3)20-17(19-13-12-18-14-19)11-8-7-10-15(17)5-2/h7-8,10-16H,4-6,9H2,1-3H3. The second-order valence-electron chi connectivity index (χ2n) is 5.42. The lowest BCUT2D eigenvalue weighted by atomic mass is 9.88. The summed E-state index contributed by atoms with van der Waals surface area (Å²) in [4.78, 5) is 4.22. The average molecular weight is 274 g/mol. The Morgan fingerprint density at radius 3 is 2.75 bits per heavy atom. The Hall–Kier alpha value is -1.35. The molecule has 1 aliphatic rings. The zero-order valence-corrected chi connectivity index (χ0v) is 12.8. The van der Waals surface area contributed by atoms with Gasteiger partial charge in [-0.2, -0.15) is 0 Å². The fourth-order valence-corrected chi connectivity index (χ4v) is 2.95. The Bertz CT molecular complexity index is 450. The topological polar surface area (TPSA) is 27.1 Å². The lowest BCUT2D eigenvalue weighted by Crippen LogP contribution is -2.44. The molecule has 1 aromatic rings. The van der Waals surface area contributed by atoms with E-state index in [9.17, 15) is 0 Å². The number of allylic oxidation sites excluding steroid dienone is 2. The molecule has 0 N–H and O–H groups in total. The first kappa shape index (κ1) is 15.0. The Kier molecular flexibility index (Phi) is 5.18. The Morgan fingerprint density at radius 2 is 2.15 bits per heavy atom. The van der Waals surface area contributed by atoms with E-state index in [1.807, 2.05) is 18.7 Å². The molecule has 3 nitrogen and oxygen atoms in total. The van der Waals surface area contributed by atoms with Gasteiger partial charge in [-0.15, -0.1) is 0 Å². The zero-order chi connectivity index (χ0) is 14.4. The highest BCUT2D eigenvalue weighted by atomic mass is 16.5. The molecule has 1 aliphatic carbocycles. The molecule has 0 aromatic carbocycles. The monoisotopic (exact) mass is 274 g/mol. The molecule has 0 fully saturated rings. The molecular formula is C17H26N2O. The number of nitrogens with zero attached hydrogens (tertiary/aromatic N) is 2. The van der Waals surface area contributed by atoms with Crippen molar-refractivity contribution in [1.82, 2.24) is 9.55 Å². The molecule has 1 aromatic heterocycles. The zero-order valence-electron chi connectivity index (χ0n) is 12.8. The Labute approximate surface area is 122 Å². The van der Waals surface area contributed by atoms with E-state index >= 15 is 0 Å². The van der Waals surface area contributed by atoms with Gasteiger partial charge in [0, 0.05) is 18.3 Å². The highest BCUT2D eigenvalue weighted by Crippen LogP contribution is 2.37. The third-order valence-electron chi connectivity index (χ3n) is 4.09. The molecule has 20 heavy (non-hydrogen) atoms. The predicted octanol–water partition coefficient (Wildman–Crippen LogP) is 4.28. The first-order valence-corrected chi connectivity index (χ1v) is 7.79. The van der Waals surface area contributed by atoms with Crippen LogP contribution in [-0.4, -0.2) is 15.7 Å². The van der Waals surface area contributed by atoms with Gasteiger partial charge in [-0.3, -0.25) is 0 Å². The van der Waals surface area contributed by atoms with Crippen molar-refractivity contribution in [3.8, 4) is 0 Å². The van der Waals surface area contributed by atoms with Crippen molar-refractivity contribution in [1.29, 1.82) is 0 Å². The van der Waals surface area contributed by atoms with Gasteiger partial charge in [-0.05, 0) is 25.3 Å². The molecule has 0 aliphatic heterocycles. The van der Waals surface area contributed by atoms with Crippen LogP contribution in [0.25, 0.3) is 0 Å². The molecule has 1 heterocycles. The average Bonchev–Trinajstić information content (AvgIpc) is 3.02. The third-order valence-corrected chi connectivity index (χ3v) is 4.09. The first-order valence-electron chi connectivity index (χ1n) is 7.79. The second kappa shape index (κ2) is 6.89. The molecule has 0 amide bonds. The Morgan fingerprint density at radius 1 is 1.30 bits per heavy atom. The summed E-state index contributed by atoms with van der Waals surface area (Å²) >= 11 is 0. The van der Waals surface area contributed by atoms with Gasteiger partial charge in [-0.1, -0.05) is 45.4 Å². The summed E-state index contributed by atoms with van der Waals surface area (Å²) in [5.41, 5.74) is -0.421. The van der Waals surface area contributed by atoms with Crippen molar-refractivity contribution < 1.29 is 4.74 Å². The van der Waals surface area contributed by atoms with E-state index < -0.39 is 5.72 Å². The van der Waals surface area contributed by atoms with Crippen molar-refractivity contribution in [2.45, 2.75) is 58.3 Å². The molecule has 0 radical (unpaired) electrons. The number of aromatic nitrogens is 2. The van der Waals surface area contributed by atoms with Crippen LogP contribution in [-0.2, 0) is 10.5 Å². The summed E-state index contributed by atoms with van der Waals surface area (Å²) in [6.45, 7) is 6.62. The number of ether oxygens (including phenoxy) is 1. The van der Waals surface area contributed by atoms with Crippen LogP contribution in [0.3, 0.4) is 0 Å². The van der Waals surface area contributed by atoms with Gasteiger partial charge in [0.05, 0.1) is 12.4 Å². The number of imidazole rings is 1. The Balaban J connectivity index is 2.34. The van der Waals surface area contributed by atoms with Crippen LogP contribution in [0, 0.1) is 5.92 Å². The van der Waals surface area contributed by atoms with Crippen LogP contribution < -0.4 is 0 Å². The second-order valence-corrected chi connectivity index (χ2v) is 5.42. The number of rotatable bonds is 7. The molecule has 2 rings (SSSR count). The number of hydrogen-bond donors (Lipinski definition) is 0. The van der Waals surface area contributed by atoms with Gasteiger partial charge >= 0.3 is 0 Å². The highest BCUT2D eigenvalue weighted by molar-refractivity contribution is 5.20. The normalized spacial score (nSPS) is 26.9. The SMILES string of the molecule is CCCC(CC)OC1(n2ccnc2)C=CC=CC1CC. The predicted molar refractivity (Wildman–Crippen MR) is 82.3 cm³/mol.